The summed E-state index contributed by atoms with van der Waals surface area (Å²) >= 11 is 0. The minimum absolute atomic E-state index is 0.724. The molecule has 3 aliphatic rings. The molecule has 0 spiro atoms. The highest BCUT2D eigenvalue weighted by atomic mass is 14.5. The van der Waals surface area contributed by atoms with Gasteiger partial charge in [-0.2, -0.15) is 0 Å². The van der Waals surface area contributed by atoms with Gasteiger partial charge in [0.2, 0.25) is 0 Å². The minimum atomic E-state index is 0.724. The summed E-state index contributed by atoms with van der Waals surface area (Å²) in [7, 11) is 2.71. The van der Waals surface area contributed by atoms with Crippen molar-refractivity contribution >= 4 is 14.0 Å². The standard InChI is InChI=1S/C11H19B2/c1-8(2)12-11-6-3-4-9-10(5-7-11)13(9)11/h8-10H,3-7H2,1-2H3. The first-order chi connectivity index (χ1) is 6.23. The Morgan fingerprint density at radius 2 is 2.00 bits per heavy atom. The van der Waals surface area contributed by atoms with Crippen LogP contribution in [0.25, 0.3) is 0 Å². The van der Waals surface area contributed by atoms with Crippen LogP contribution in [0.3, 0.4) is 0 Å². The lowest BCUT2D eigenvalue weighted by Gasteiger charge is -2.36. The average Bonchev–Trinajstić information content (AvgIpc) is 2.61. The zero-order valence-corrected chi connectivity index (χ0v) is 8.92. The zero-order valence-electron chi connectivity index (χ0n) is 8.92. The van der Waals surface area contributed by atoms with E-state index in [-0.39, 0.29) is 0 Å². The van der Waals surface area contributed by atoms with Crippen molar-refractivity contribution in [3.05, 3.63) is 0 Å². The summed E-state index contributed by atoms with van der Waals surface area (Å²) in [4.78, 5) is 0. The number of rotatable bonds is 2. The van der Waals surface area contributed by atoms with E-state index in [1.165, 1.54) is 19.3 Å². The summed E-state index contributed by atoms with van der Waals surface area (Å²) < 4.78 is 0. The van der Waals surface area contributed by atoms with Crippen molar-refractivity contribution in [3.8, 4) is 0 Å². The molecule has 3 fully saturated rings. The van der Waals surface area contributed by atoms with E-state index >= 15 is 0 Å². The lowest BCUT2D eigenvalue weighted by molar-refractivity contribution is 0.499. The van der Waals surface area contributed by atoms with Crippen molar-refractivity contribution in [1.29, 1.82) is 0 Å². The highest BCUT2D eigenvalue weighted by Crippen LogP contribution is 2.76. The second-order valence-corrected chi connectivity index (χ2v) is 5.93. The third-order valence-corrected chi connectivity index (χ3v) is 4.78. The van der Waals surface area contributed by atoms with Gasteiger partial charge < -0.3 is 0 Å². The lowest BCUT2D eigenvalue weighted by Crippen LogP contribution is -2.31. The monoisotopic (exact) mass is 173 g/mol. The highest BCUT2D eigenvalue weighted by molar-refractivity contribution is 6.86. The Kier molecular flexibility index (Phi) is 1.68. The topological polar surface area (TPSA) is 0 Å². The van der Waals surface area contributed by atoms with Gasteiger partial charge in [-0.25, -0.2) is 0 Å². The molecule has 0 aromatic carbocycles. The van der Waals surface area contributed by atoms with E-state index in [1.807, 2.05) is 0 Å². The summed E-state index contributed by atoms with van der Waals surface area (Å²) in [6, 6.07) is 0. The van der Waals surface area contributed by atoms with Crippen molar-refractivity contribution in [2.75, 3.05) is 0 Å². The highest BCUT2D eigenvalue weighted by Gasteiger charge is 2.67. The predicted molar refractivity (Wildman–Crippen MR) is 59.9 cm³/mol. The normalized spacial score (nSPS) is 46.5. The molecular formula is C11H19B2. The van der Waals surface area contributed by atoms with E-state index in [2.05, 4.69) is 21.1 Å². The molecule has 3 heterocycles. The lowest BCUT2D eigenvalue weighted by atomic mass is 9.25. The van der Waals surface area contributed by atoms with Gasteiger partial charge in [-0.1, -0.05) is 68.6 Å². The van der Waals surface area contributed by atoms with Gasteiger partial charge in [-0.05, 0) is 0 Å². The molecule has 0 bridgehead atoms. The molecule has 0 aromatic heterocycles. The van der Waals surface area contributed by atoms with Crippen LogP contribution in [0.15, 0.2) is 0 Å². The molecule has 0 aromatic rings. The molecule has 1 radical (unpaired) electrons. The second-order valence-electron chi connectivity index (χ2n) is 5.93. The Bertz CT molecular complexity index is 222. The largest absolute Gasteiger partial charge is 0.143 e. The molecule has 2 heteroatoms. The molecule has 0 saturated carbocycles. The van der Waals surface area contributed by atoms with E-state index in [4.69, 9.17) is 0 Å². The Morgan fingerprint density at radius 1 is 1.23 bits per heavy atom. The molecule has 13 heavy (non-hydrogen) atoms. The van der Waals surface area contributed by atoms with Crippen molar-refractivity contribution in [1.82, 2.24) is 0 Å². The Morgan fingerprint density at radius 3 is 2.77 bits per heavy atom. The van der Waals surface area contributed by atoms with E-state index in [9.17, 15) is 0 Å². The fourth-order valence-corrected chi connectivity index (χ4v) is 4.59. The summed E-state index contributed by atoms with van der Waals surface area (Å²) in [5.74, 6) is 3.13. The predicted octanol–water partition coefficient (Wildman–Crippen LogP) is 3.44. The van der Waals surface area contributed by atoms with Gasteiger partial charge >= 0.3 is 0 Å². The van der Waals surface area contributed by atoms with Crippen LogP contribution >= 0.6 is 0 Å². The van der Waals surface area contributed by atoms with Crippen LogP contribution in [-0.2, 0) is 0 Å². The molecule has 3 rings (SSSR count). The number of fused-ring (bicyclic) bond motifs is 1. The molecule has 3 unspecified atom stereocenters. The minimum Gasteiger partial charge on any atom is -0.0764 e. The fraction of sp³-hybridized carbons (Fsp3) is 1.00. The van der Waals surface area contributed by atoms with Crippen molar-refractivity contribution in [2.24, 2.45) is 0 Å². The maximum absolute atomic E-state index is 2.71. The number of hydrogen-bond donors (Lipinski definition) is 0. The summed E-state index contributed by atoms with van der Waals surface area (Å²) in [5, 5.41) is 0.724. The first kappa shape index (κ1) is 8.44. The van der Waals surface area contributed by atoms with Crippen LogP contribution < -0.4 is 0 Å². The molecule has 3 atom stereocenters. The SMILES string of the molecule is CC(C)[B]C12CCCC3B1C3CC2. The molecule has 0 nitrogen and oxygen atoms in total. The smallest absolute Gasteiger partial charge is 0.0764 e. The van der Waals surface area contributed by atoms with Gasteiger partial charge in [0, 0.05) is 0 Å². The van der Waals surface area contributed by atoms with Crippen LogP contribution in [0.1, 0.15) is 46.0 Å². The third kappa shape index (κ3) is 1.07. The quantitative estimate of drug-likeness (QED) is 0.560. The van der Waals surface area contributed by atoms with E-state index in [1.54, 1.807) is 12.8 Å². The van der Waals surface area contributed by atoms with Crippen LogP contribution in [0, 0.1) is 0 Å². The van der Waals surface area contributed by atoms with Gasteiger partial charge in [0.1, 0.15) is 14.0 Å². The summed E-state index contributed by atoms with van der Waals surface area (Å²) in [6.45, 7) is 5.85. The Balaban J connectivity index is 1.81. The van der Waals surface area contributed by atoms with Crippen LogP contribution in [0.4, 0.5) is 0 Å². The molecule has 0 N–H and O–H groups in total. The molecule has 3 aliphatic heterocycles. The maximum atomic E-state index is 2.71. The first-order valence-corrected chi connectivity index (χ1v) is 6.09. The van der Waals surface area contributed by atoms with Crippen LogP contribution in [0.5, 0.6) is 0 Å². The van der Waals surface area contributed by atoms with Gasteiger partial charge in [0.15, 0.2) is 0 Å². The summed E-state index contributed by atoms with van der Waals surface area (Å²) in [6.07, 6.45) is 7.67. The maximum Gasteiger partial charge on any atom is 0.143 e. The van der Waals surface area contributed by atoms with Gasteiger partial charge in [-0.3, -0.25) is 0 Å². The molecule has 69 valence electrons. The first-order valence-electron chi connectivity index (χ1n) is 6.09. The second kappa shape index (κ2) is 2.58. The van der Waals surface area contributed by atoms with Gasteiger partial charge in [0.25, 0.3) is 0 Å². The molecule has 0 aliphatic carbocycles. The summed E-state index contributed by atoms with van der Waals surface area (Å²) in [5.41, 5.74) is 0. The van der Waals surface area contributed by atoms with Crippen molar-refractivity contribution in [2.45, 2.75) is 68.6 Å². The molecular weight excluding hydrogens is 154 g/mol. The Hall–Kier alpha value is 0.130. The van der Waals surface area contributed by atoms with Gasteiger partial charge in [0.05, 0.1) is 0 Å². The third-order valence-electron chi connectivity index (χ3n) is 4.78. The van der Waals surface area contributed by atoms with E-state index in [0.717, 1.165) is 29.4 Å². The zero-order chi connectivity index (χ0) is 9.05. The number of hydrogen-bond acceptors (Lipinski definition) is 0. The van der Waals surface area contributed by atoms with Crippen LogP contribution in [-0.4, -0.2) is 14.0 Å². The van der Waals surface area contributed by atoms with Gasteiger partial charge in [-0.15, -0.1) is 0 Å². The van der Waals surface area contributed by atoms with E-state index in [0.29, 0.717) is 0 Å². The average molecular weight is 173 g/mol. The van der Waals surface area contributed by atoms with Crippen LogP contribution in [0.2, 0.25) is 22.7 Å². The molecule has 3 saturated heterocycles. The molecule has 0 amide bonds. The van der Waals surface area contributed by atoms with E-state index < -0.39 is 0 Å². The Labute approximate surface area is 83.2 Å². The fourth-order valence-electron chi connectivity index (χ4n) is 4.59. The van der Waals surface area contributed by atoms with Crippen molar-refractivity contribution < 1.29 is 0 Å². The van der Waals surface area contributed by atoms with Crippen molar-refractivity contribution in [3.63, 3.8) is 0 Å².